The number of hydrogen-bond donors (Lipinski definition) is 6. The van der Waals surface area contributed by atoms with E-state index in [9.17, 15) is 39.3 Å². The van der Waals surface area contributed by atoms with Crippen molar-refractivity contribution in [1.82, 2.24) is 25.9 Å². The number of likely N-dealkylation sites (tertiary alicyclic amines) is 1. The average Bonchev–Trinajstić information content (AvgIpc) is 4.18. The van der Waals surface area contributed by atoms with Crippen molar-refractivity contribution >= 4 is 68.4 Å². The number of aliphatic hydroxyl groups excluding tert-OH is 1. The molecule has 7 aromatic rings. The minimum Gasteiger partial charge on any atom is -0.508 e. The molecule has 0 aliphatic carbocycles. The van der Waals surface area contributed by atoms with Crippen LogP contribution in [0.4, 0.5) is 0 Å². The lowest BCUT2D eigenvalue weighted by Crippen LogP contribution is -2.57. The molecule has 1 aliphatic rings. The van der Waals surface area contributed by atoms with Gasteiger partial charge in [-0.15, -0.1) is 22.7 Å². The molecule has 0 bridgehead atoms. The smallest absolute Gasteiger partial charge is 0.271 e. The van der Waals surface area contributed by atoms with Crippen molar-refractivity contribution in [2.75, 3.05) is 13.2 Å². The number of thiophene rings is 1. The van der Waals surface area contributed by atoms with Crippen LogP contribution >= 0.6 is 22.7 Å². The third-order valence-electron chi connectivity index (χ3n) is 13.6. The minimum absolute atomic E-state index is 0.00333. The molecule has 1 fully saturated rings. The molecule has 1 aliphatic heterocycles. The number of phenolic OH excluding ortho intramolecular Hbond substituents is 2. The number of rotatable bonds is 21. The number of thiazole rings is 1. The van der Waals surface area contributed by atoms with Crippen molar-refractivity contribution in [2.24, 2.45) is 10.5 Å². The molecule has 17 heteroatoms. The number of aryl methyl sites for hydroxylation is 1. The molecule has 400 valence electrons. The summed E-state index contributed by atoms with van der Waals surface area (Å²) in [7, 11) is 0. The lowest BCUT2D eigenvalue weighted by molar-refractivity contribution is -0.144. The molecule has 6 N–H and O–H groups in total. The van der Waals surface area contributed by atoms with Gasteiger partial charge in [0.05, 0.1) is 41.0 Å². The van der Waals surface area contributed by atoms with Gasteiger partial charge in [0.15, 0.2) is 5.78 Å². The van der Waals surface area contributed by atoms with Crippen LogP contribution in [-0.4, -0.2) is 92.2 Å². The number of aliphatic hydroxyl groups is 1. The van der Waals surface area contributed by atoms with Crippen molar-refractivity contribution in [2.45, 2.75) is 104 Å². The largest absolute Gasteiger partial charge is 0.508 e. The van der Waals surface area contributed by atoms with E-state index in [4.69, 9.17) is 4.74 Å². The number of aromatic hydroxyl groups is 2. The Labute approximate surface area is 456 Å². The van der Waals surface area contributed by atoms with E-state index in [1.165, 1.54) is 34.6 Å². The number of ether oxygens (including phenoxy) is 1. The van der Waals surface area contributed by atoms with Crippen LogP contribution in [0.15, 0.2) is 126 Å². The first-order chi connectivity index (χ1) is 36.9. The summed E-state index contributed by atoms with van der Waals surface area (Å²) in [5.41, 5.74) is 9.06. The first kappa shape index (κ1) is 55.5. The second kappa shape index (κ2) is 25.0. The van der Waals surface area contributed by atoms with Crippen LogP contribution in [0.25, 0.3) is 31.0 Å². The molecule has 1 saturated heterocycles. The highest BCUT2D eigenvalue weighted by molar-refractivity contribution is 7.22. The zero-order valence-electron chi connectivity index (χ0n) is 43.7. The van der Waals surface area contributed by atoms with Gasteiger partial charge in [0.25, 0.3) is 5.91 Å². The van der Waals surface area contributed by atoms with Crippen LogP contribution in [0.3, 0.4) is 0 Å². The number of amides is 4. The van der Waals surface area contributed by atoms with Crippen molar-refractivity contribution in [3.63, 3.8) is 0 Å². The number of ketones is 1. The van der Waals surface area contributed by atoms with E-state index in [-0.39, 0.29) is 60.1 Å². The van der Waals surface area contributed by atoms with Gasteiger partial charge in [-0.05, 0) is 133 Å². The molecule has 4 atom stereocenters. The number of aromatic nitrogens is 1. The fraction of sp³-hybridized carbons (Fsp3) is 0.317. The summed E-state index contributed by atoms with van der Waals surface area (Å²) in [6.45, 7) is 9.99. The average molecular weight is 1080 g/mol. The van der Waals surface area contributed by atoms with E-state index in [2.05, 4.69) is 26.1 Å². The van der Waals surface area contributed by atoms with Gasteiger partial charge in [-0.2, -0.15) is 5.10 Å². The number of carbonyl (C=O) groups is 5. The molecule has 0 unspecified atom stereocenters. The molecular formula is C60H64N6O9S2. The number of nitrogens with one attached hydrogen (secondary N) is 3. The number of hydrazone groups is 1. The quantitative estimate of drug-likeness (QED) is 0.0173. The standard InChI is InChI=1S/C60H64N6O9S2/c1-36(39-17-19-40(20-18-39)54-37(2)61-35-76-54)63-58(73)49-31-46(69)34-66(49)59(74)56(60(3,4)5)64-51(70)14-9-7-6-8-10-29-75-47-26-15-38(16-27-47)33-62-65-57(72)43-13-11-12-42(30-43)53(71)52-48-28-25-45(68)32-50(48)77-55(52)41-21-23-44(67)24-22-41/h11-13,15-28,30,32-33,35-36,46,49,56,67-69H,6-10,14,29,31,34H2,1-5H3,(H,63,73)(H,64,70)(H,65,72)/b62-33+/t36-,46+,49-,56+/m0/s1. The van der Waals surface area contributed by atoms with Gasteiger partial charge < -0.3 is 35.6 Å². The van der Waals surface area contributed by atoms with Crippen molar-refractivity contribution < 1.29 is 44.0 Å². The number of benzene rings is 5. The predicted molar refractivity (Wildman–Crippen MR) is 302 cm³/mol. The summed E-state index contributed by atoms with van der Waals surface area (Å²) in [4.78, 5) is 75.8. The van der Waals surface area contributed by atoms with Crippen molar-refractivity contribution in [1.29, 1.82) is 0 Å². The summed E-state index contributed by atoms with van der Waals surface area (Å²) in [6.07, 6.45) is 5.10. The van der Waals surface area contributed by atoms with E-state index < -0.39 is 35.4 Å². The van der Waals surface area contributed by atoms with Gasteiger partial charge >= 0.3 is 0 Å². The number of fused-ring (bicyclic) bond motifs is 1. The second-order valence-electron chi connectivity index (χ2n) is 20.5. The summed E-state index contributed by atoms with van der Waals surface area (Å²) >= 11 is 2.93. The van der Waals surface area contributed by atoms with E-state index in [1.54, 1.807) is 65.9 Å². The number of hydrogen-bond acceptors (Lipinski definition) is 13. The monoisotopic (exact) mass is 1080 g/mol. The molecule has 4 amide bonds. The Morgan fingerprint density at radius 1 is 0.818 bits per heavy atom. The first-order valence-electron chi connectivity index (χ1n) is 25.8. The Morgan fingerprint density at radius 3 is 2.21 bits per heavy atom. The molecule has 3 heterocycles. The Balaban J connectivity index is 0.738. The zero-order valence-corrected chi connectivity index (χ0v) is 45.4. The topological polar surface area (TPSA) is 220 Å². The second-order valence-corrected chi connectivity index (χ2v) is 22.4. The SMILES string of the molecule is Cc1ncsc1-c1ccc([C@H](C)NC(=O)[C@@H]2C[C@@H](O)CN2C(=O)[C@@H](NC(=O)CCCCCCCOc2ccc(/C=N/NC(=O)c3cccc(C(=O)c4c(-c5ccc(O)cc5)sc5cc(O)ccc45)c3)cc2)C(C)(C)C)cc1. The van der Waals surface area contributed by atoms with Gasteiger partial charge in [-0.25, -0.2) is 10.4 Å². The highest BCUT2D eigenvalue weighted by atomic mass is 32.1. The molecule has 15 nitrogen and oxygen atoms in total. The van der Waals surface area contributed by atoms with E-state index in [1.807, 2.05) is 88.7 Å². The highest BCUT2D eigenvalue weighted by Crippen LogP contribution is 2.42. The number of nitrogens with zero attached hydrogens (tertiary/aromatic N) is 3. The zero-order chi connectivity index (χ0) is 54.8. The van der Waals surface area contributed by atoms with Crippen LogP contribution in [0.2, 0.25) is 0 Å². The lowest BCUT2D eigenvalue weighted by atomic mass is 9.85. The maximum absolute atomic E-state index is 14.1. The first-order valence-corrected chi connectivity index (χ1v) is 27.5. The molecule has 5 aromatic carbocycles. The van der Waals surface area contributed by atoms with E-state index >= 15 is 0 Å². The minimum atomic E-state index is -0.892. The van der Waals surface area contributed by atoms with Gasteiger partial charge in [0.2, 0.25) is 17.7 Å². The molecule has 0 spiro atoms. The van der Waals surface area contributed by atoms with E-state index in [0.29, 0.717) is 40.2 Å². The normalized spacial score (nSPS) is 15.3. The van der Waals surface area contributed by atoms with Crippen LogP contribution in [0, 0.1) is 12.3 Å². The molecular weight excluding hydrogens is 1010 g/mol. The Kier molecular flexibility index (Phi) is 18.0. The predicted octanol–water partition coefficient (Wildman–Crippen LogP) is 10.5. The molecule has 0 radical (unpaired) electrons. The third-order valence-corrected chi connectivity index (χ3v) is 15.7. The Morgan fingerprint density at radius 2 is 1.49 bits per heavy atom. The van der Waals surface area contributed by atoms with Crippen molar-refractivity contribution in [3.8, 4) is 38.1 Å². The fourth-order valence-electron chi connectivity index (χ4n) is 9.31. The van der Waals surface area contributed by atoms with Gasteiger partial charge in [-0.1, -0.05) is 76.4 Å². The number of phenols is 2. The number of unbranched alkanes of at least 4 members (excludes halogenated alkanes) is 4. The number of carbonyl (C=O) groups excluding carboxylic acids is 5. The highest BCUT2D eigenvalue weighted by Gasteiger charge is 2.44. The van der Waals surface area contributed by atoms with Crippen LogP contribution in [-0.2, 0) is 14.4 Å². The molecule has 0 saturated carbocycles. The van der Waals surface area contributed by atoms with Crippen molar-refractivity contribution in [3.05, 3.63) is 154 Å². The summed E-state index contributed by atoms with van der Waals surface area (Å²) < 4.78 is 6.67. The Bertz CT molecular complexity index is 3250. The van der Waals surface area contributed by atoms with Crippen LogP contribution in [0.5, 0.6) is 17.2 Å². The number of β-amino-alcohol motifs (C(OH)–C–C–N with tert-alkyl or cyclic N) is 1. The van der Waals surface area contributed by atoms with Gasteiger partial charge in [-0.3, -0.25) is 24.0 Å². The van der Waals surface area contributed by atoms with Crippen LogP contribution in [0.1, 0.15) is 122 Å². The fourth-order valence-corrected chi connectivity index (χ4v) is 11.4. The van der Waals surface area contributed by atoms with Gasteiger partial charge in [0, 0.05) is 51.0 Å². The van der Waals surface area contributed by atoms with Crippen LogP contribution < -0.4 is 20.8 Å². The maximum Gasteiger partial charge on any atom is 0.271 e. The Hall–Kier alpha value is -7.73. The lowest BCUT2D eigenvalue weighted by Gasteiger charge is -2.35. The summed E-state index contributed by atoms with van der Waals surface area (Å²) in [5.74, 6) is -0.913. The third kappa shape index (κ3) is 14.0. The molecule has 8 rings (SSSR count). The summed E-state index contributed by atoms with van der Waals surface area (Å²) in [5, 5.41) is 41.5. The van der Waals surface area contributed by atoms with E-state index in [0.717, 1.165) is 63.2 Å². The molecule has 77 heavy (non-hydrogen) atoms. The van der Waals surface area contributed by atoms with Gasteiger partial charge in [0.1, 0.15) is 29.3 Å². The maximum atomic E-state index is 14.1. The summed E-state index contributed by atoms with van der Waals surface area (Å²) in [6, 6.07) is 30.9. The molecule has 2 aromatic heterocycles.